The Kier molecular flexibility index (Phi) is 8.79. The predicted molar refractivity (Wildman–Crippen MR) is 143 cm³/mol. The van der Waals surface area contributed by atoms with Gasteiger partial charge in [0.05, 0.1) is 24.8 Å². The normalized spacial score (nSPS) is 16.6. The zero-order valence-electron chi connectivity index (χ0n) is 21.7. The lowest BCUT2D eigenvalue weighted by atomic mass is 9.94. The number of carbonyl (C=O) groups is 2. The number of hydrogen-bond donors (Lipinski definition) is 1. The summed E-state index contributed by atoms with van der Waals surface area (Å²) in [6.45, 7) is 5.09. The van der Waals surface area contributed by atoms with Crippen LogP contribution in [0.25, 0.3) is 5.76 Å². The largest absolute Gasteiger partial charge is 0.507 e. The highest BCUT2D eigenvalue weighted by atomic mass is 19.1. The molecule has 3 aromatic carbocycles. The van der Waals surface area contributed by atoms with Gasteiger partial charge in [0.15, 0.2) is 11.5 Å². The van der Waals surface area contributed by atoms with E-state index in [9.17, 15) is 19.1 Å². The van der Waals surface area contributed by atoms with E-state index in [4.69, 9.17) is 9.47 Å². The Balaban J connectivity index is 1.80. The molecule has 1 N–H and O–H groups in total. The first kappa shape index (κ1) is 26.9. The Labute approximate surface area is 222 Å². The van der Waals surface area contributed by atoms with Crippen molar-refractivity contribution in [3.8, 4) is 11.5 Å². The number of Topliss-reactive ketones (excluding diaryl/α,β-unsaturated/α-hetero) is 1. The van der Waals surface area contributed by atoms with Gasteiger partial charge in [-0.2, -0.15) is 0 Å². The van der Waals surface area contributed by atoms with Crippen LogP contribution in [0.15, 0.2) is 78.4 Å². The molecule has 3 aromatic rings. The fourth-order valence-electron chi connectivity index (χ4n) is 4.55. The summed E-state index contributed by atoms with van der Waals surface area (Å²) in [4.78, 5) is 28.0. The Hall–Kier alpha value is -4.13. The molecule has 0 radical (unpaired) electrons. The number of benzene rings is 3. The molecule has 0 aromatic heterocycles. The van der Waals surface area contributed by atoms with E-state index in [-0.39, 0.29) is 23.4 Å². The summed E-state index contributed by atoms with van der Waals surface area (Å²) in [5, 5.41) is 11.2. The van der Waals surface area contributed by atoms with Crippen LogP contribution in [0.1, 0.15) is 55.8 Å². The van der Waals surface area contributed by atoms with Crippen molar-refractivity contribution in [1.82, 2.24) is 4.90 Å². The molecule has 0 saturated carbocycles. The highest BCUT2D eigenvalue weighted by molar-refractivity contribution is 6.46. The van der Waals surface area contributed by atoms with Gasteiger partial charge in [-0.1, -0.05) is 56.2 Å². The van der Waals surface area contributed by atoms with Gasteiger partial charge in [-0.15, -0.1) is 0 Å². The van der Waals surface area contributed by atoms with Gasteiger partial charge in [0.25, 0.3) is 11.7 Å². The first-order valence-electron chi connectivity index (χ1n) is 12.9. The third kappa shape index (κ3) is 5.88. The fourth-order valence-corrected chi connectivity index (χ4v) is 4.55. The van der Waals surface area contributed by atoms with Gasteiger partial charge in [-0.25, -0.2) is 4.39 Å². The average Bonchev–Trinajstić information content (AvgIpc) is 3.17. The predicted octanol–water partition coefficient (Wildman–Crippen LogP) is 6.42. The maximum atomic E-state index is 13.5. The van der Waals surface area contributed by atoms with E-state index in [2.05, 4.69) is 6.92 Å². The van der Waals surface area contributed by atoms with E-state index >= 15 is 0 Å². The van der Waals surface area contributed by atoms with E-state index in [1.807, 2.05) is 37.3 Å². The molecule has 1 atom stereocenters. The van der Waals surface area contributed by atoms with E-state index in [0.717, 1.165) is 24.8 Å². The molecule has 7 heteroatoms. The topological polar surface area (TPSA) is 76.1 Å². The zero-order chi connectivity index (χ0) is 27.1. The van der Waals surface area contributed by atoms with Crippen LogP contribution in [0.3, 0.4) is 0 Å². The molecular weight excluding hydrogens is 485 g/mol. The summed E-state index contributed by atoms with van der Waals surface area (Å²) >= 11 is 0. The molecule has 38 heavy (non-hydrogen) atoms. The molecule has 0 aliphatic carbocycles. The van der Waals surface area contributed by atoms with Crippen molar-refractivity contribution in [3.63, 3.8) is 0 Å². The number of carbonyl (C=O) groups excluding carboxylic acids is 2. The van der Waals surface area contributed by atoms with Gasteiger partial charge in [-0.05, 0) is 60.9 Å². The van der Waals surface area contributed by atoms with Crippen LogP contribution >= 0.6 is 0 Å². The maximum Gasteiger partial charge on any atom is 0.295 e. The summed E-state index contributed by atoms with van der Waals surface area (Å²) in [5.74, 6) is -1.29. The maximum absolute atomic E-state index is 13.5. The second kappa shape index (κ2) is 12.4. The summed E-state index contributed by atoms with van der Waals surface area (Å²) in [6.07, 6.45) is 3.05. The minimum atomic E-state index is -0.881. The molecule has 198 valence electrons. The van der Waals surface area contributed by atoms with Crippen LogP contribution in [0.5, 0.6) is 11.5 Å². The molecule has 1 fully saturated rings. The second-order valence-corrected chi connectivity index (χ2v) is 9.11. The monoisotopic (exact) mass is 517 g/mol. The third-order valence-electron chi connectivity index (χ3n) is 6.44. The van der Waals surface area contributed by atoms with Gasteiger partial charge in [0.2, 0.25) is 0 Å². The minimum Gasteiger partial charge on any atom is -0.507 e. The number of likely N-dealkylation sites (tertiary alicyclic amines) is 1. The van der Waals surface area contributed by atoms with Crippen LogP contribution < -0.4 is 9.47 Å². The molecule has 0 bridgehead atoms. The van der Waals surface area contributed by atoms with E-state index in [1.165, 1.54) is 29.2 Å². The molecule has 1 saturated heterocycles. The van der Waals surface area contributed by atoms with Crippen LogP contribution in [-0.2, 0) is 16.1 Å². The number of halogens is 1. The SMILES string of the molecule is CCCCCOc1ccc(C2C(=C(O)c3ccc(F)cc3)C(=O)C(=O)N2Cc2ccccc2)cc1OCC. The number of aliphatic hydroxyl groups is 1. The van der Waals surface area contributed by atoms with Gasteiger partial charge >= 0.3 is 0 Å². The van der Waals surface area contributed by atoms with E-state index in [1.54, 1.807) is 18.2 Å². The molecule has 1 amide bonds. The van der Waals surface area contributed by atoms with Gasteiger partial charge in [0, 0.05) is 12.1 Å². The molecule has 6 nitrogen and oxygen atoms in total. The first-order valence-corrected chi connectivity index (χ1v) is 12.9. The minimum absolute atomic E-state index is 0.0587. The number of amides is 1. The van der Waals surface area contributed by atoms with Crippen molar-refractivity contribution >= 4 is 17.4 Å². The fraction of sp³-hybridized carbons (Fsp3) is 0.290. The average molecular weight is 518 g/mol. The van der Waals surface area contributed by atoms with Crippen molar-refractivity contribution in [1.29, 1.82) is 0 Å². The second-order valence-electron chi connectivity index (χ2n) is 9.11. The Morgan fingerprint density at radius 3 is 2.34 bits per heavy atom. The summed E-state index contributed by atoms with van der Waals surface area (Å²) in [7, 11) is 0. The molecule has 1 aliphatic rings. The van der Waals surface area contributed by atoms with E-state index < -0.39 is 23.5 Å². The highest BCUT2D eigenvalue weighted by Crippen LogP contribution is 2.42. The van der Waals surface area contributed by atoms with Crippen molar-refractivity contribution in [2.45, 2.75) is 45.7 Å². The third-order valence-corrected chi connectivity index (χ3v) is 6.44. The Morgan fingerprint density at radius 1 is 0.921 bits per heavy atom. The van der Waals surface area contributed by atoms with Crippen LogP contribution in [0.4, 0.5) is 4.39 Å². The van der Waals surface area contributed by atoms with Gasteiger partial charge in [0.1, 0.15) is 11.6 Å². The number of unbranched alkanes of at least 4 members (excludes halogenated alkanes) is 2. The first-order chi connectivity index (χ1) is 18.4. The van der Waals surface area contributed by atoms with Crippen LogP contribution in [-0.4, -0.2) is 34.9 Å². The molecule has 1 aliphatic heterocycles. The van der Waals surface area contributed by atoms with E-state index in [0.29, 0.717) is 30.3 Å². The zero-order valence-corrected chi connectivity index (χ0v) is 21.7. The van der Waals surface area contributed by atoms with Crippen LogP contribution in [0, 0.1) is 5.82 Å². The lowest BCUT2D eigenvalue weighted by Crippen LogP contribution is -2.29. The number of aliphatic hydroxyl groups excluding tert-OH is 1. The molecule has 1 unspecified atom stereocenters. The molecular formula is C31H32FNO5. The number of ether oxygens (including phenoxy) is 2. The number of hydrogen-bond acceptors (Lipinski definition) is 5. The number of rotatable bonds is 11. The van der Waals surface area contributed by atoms with Crippen molar-refractivity contribution < 1.29 is 28.6 Å². The van der Waals surface area contributed by atoms with Crippen molar-refractivity contribution in [3.05, 3.63) is 101 Å². The molecule has 0 spiro atoms. The van der Waals surface area contributed by atoms with Gasteiger partial charge in [-0.3, -0.25) is 9.59 Å². The van der Waals surface area contributed by atoms with Crippen molar-refractivity contribution in [2.75, 3.05) is 13.2 Å². The lowest BCUT2D eigenvalue weighted by Gasteiger charge is -2.26. The summed E-state index contributed by atoms with van der Waals surface area (Å²) < 4.78 is 25.4. The molecule has 1 heterocycles. The summed E-state index contributed by atoms with van der Waals surface area (Å²) in [6, 6.07) is 18.9. The van der Waals surface area contributed by atoms with Crippen molar-refractivity contribution in [2.24, 2.45) is 0 Å². The Bertz CT molecular complexity index is 1300. The van der Waals surface area contributed by atoms with Gasteiger partial charge < -0.3 is 19.5 Å². The standard InChI is InChI=1S/C31H32FNO5/c1-3-5-9-18-38-25-17-14-23(19-26(25)37-4-2)28-27(29(34)22-12-15-24(32)16-13-22)30(35)31(36)33(28)20-21-10-7-6-8-11-21/h6-8,10-17,19,28,34H,3-5,9,18,20H2,1-2H3. The number of ketones is 1. The smallest absolute Gasteiger partial charge is 0.295 e. The molecule has 4 rings (SSSR count). The lowest BCUT2D eigenvalue weighted by molar-refractivity contribution is -0.140. The quantitative estimate of drug-likeness (QED) is 0.138. The summed E-state index contributed by atoms with van der Waals surface area (Å²) in [5.41, 5.74) is 1.61. The Morgan fingerprint density at radius 2 is 1.66 bits per heavy atom. The highest BCUT2D eigenvalue weighted by Gasteiger charge is 2.46. The van der Waals surface area contributed by atoms with Crippen LogP contribution in [0.2, 0.25) is 0 Å². The number of nitrogens with zero attached hydrogens (tertiary/aromatic N) is 1.